The zero-order valence-electron chi connectivity index (χ0n) is 11.3. The summed E-state index contributed by atoms with van der Waals surface area (Å²) in [7, 11) is 0. The number of carboxylic acids is 1. The summed E-state index contributed by atoms with van der Waals surface area (Å²) in [5.41, 5.74) is 5.03. The summed E-state index contributed by atoms with van der Waals surface area (Å²) in [5, 5.41) is 9.13. The van der Waals surface area contributed by atoms with Crippen LogP contribution >= 0.6 is 0 Å². The van der Waals surface area contributed by atoms with Gasteiger partial charge in [0.25, 0.3) is 0 Å². The molecule has 0 saturated heterocycles. The van der Waals surface area contributed by atoms with Crippen molar-refractivity contribution >= 4 is 11.9 Å². The van der Waals surface area contributed by atoms with Crippen LogP contribution in [0.1, 0.15) is 26.5 Å². The van der Waals surface area contributed by atoms with Gasteiger partial charge in [0.2, 0.25) is 0 Å². The third kappa shape index (κ3) is 4.75. The number of carbonyl (C=O) groups is 2. The van der Waals surface area contributed by atoms with Gasteiger partial charge >= 0.3 is 11.9 Å². The van der Waals surface area contributed by atoms with Crippen LogP contribution in [-0.2, 0) is 20.7 Å². The monoisotopic (exact) mass is 269 g/mol. The molecule has 6 nitrogen and oxygen atoms in total. The van der Waals surface area contributed by atoms with Gasteiger partial charge in [-0.3, -0.25) is 9.59 Å². The lowest BCUT2D eigenvalue weighted by Crippen LogP contribution is -2.45. The molecule has 106 valence electrons. The zero-order valence-corrected chi connectivity index (χ0v) is 11.3. The number of hydrogen-bond donors (Lipinski definition) is 2. The summed E-state index contributed by atoms with van der Waals surface area (Å²) < 4.78 is 10.2. The molecule has 19 heavy (non-hydrogen) atoms. The van der Waals surface area contributed by atoms with E-state index in [1.165, 1.54) is 6.26 Å². The van der Waals surface area contributed by atoms with Crippen LogP contribution in [0.4, 0.5) is 0 Å². The first-order valence-corrected chi connectivity index (χ1v) is 5.94. The standard InChI is InChI=1S/C13H19NO5/c1-13(2,3)19-12(17)10(11(15)16)9(14)7-8-5-4-6-18-8/h4-6,9-10H,7,14H2,1-3H3,(H,15,16)/t9-,10-/m0/s1. The predicted molar refractivity (Wildman–Crippen MR) is 67.4 cm³/mol. The lowest BCUT2D eigenvalue weighted by Gasteiger charge is -2.24. The van der Waals surface area contributed by atoms with Crippen molar-refractivity contribution in [1.29, 1.82) is 0 Å². The van der Waals surface area contributed by atoms with E-state index in [4.69, 9.17) is 20.0 Å². The fraction of sp³-hybridized carbons (Fsp3) is 0.538. The van der Waals surface area contributed by atoms with Gasteiger partial charge in [-0.25, -0.2) is 0 Å². The maximum atomic E-state index is 11.9. The van der Waals surface area contributed by atoms with E-state index in [-0.39, 0.29) is 6.42 Å². The lowest BCUT2D eigenvalue weighted by atomic mass is 9.96. The van der Waals surface area contributed by atoms with Gasteiger partial charge < -0.3 is 20.0 Å². The Hall–Kier alpha value is -1.82. The van der Waals surface area contributed by atoms with Crippen molar-refractivity contribution in [3.05, 3.63) is 24.2 Å². The number of furan rings is 1. The molecule has 0 aliphatic carbocycles. The quantitative estimate of drug-likeness (QED) is 0.615. The van der Waals surface area contributed by atoms with Gasteiger partial charge in [-0.05, 0) is 32.9 Å². The Bertz CT molecular complexity index is 432. The van der Waals surface area contributed by atoms with E-state index >= 15 is 0 Å². The van der Waals surface area contributed by atoms with Gasteiger partial charge in [-0.2, -0.15) is 0 Å². The topological polar surface area (TPSA) is 103 Å². The fourth-order valence-electron chi connectivity index (χ4n) is 1.60. The van der Waals surface area contributed by atoms with Crippen LogP contribution in [-0.4, -0.2) is 28.7 Å². The summed E-state index contributed by atoms with van der Waals surface area (Å²) in [6.07, 6.45) is 1.62. The van der Waals surface area contributed by atoms with Crippen molar-refractivity contribution < 1.29 is 23.8 Å². The minimum absolute atomic E-state index is 0.156. The summed E-state index contributed by atoms with van der Waals surface area (Å²) >= 11 is 0. The molecule has 0 aliphatic rings. The number of rotatable bonds is 5. The molecule has 0 bridgehead atoms. The number of nitrogens with two attached hydrogens (primary N) is 1. The van der Waals surface area contributed by atoms with E-state index < -0.39 is 29.5 Å². The molecule has 0 fully saturated rings. The molecular weight excluding hydrogens is 250 g/mol. The first kappa shape index (κ1) is 15.2. The minimum Gasteiger partial charge on any atom is -0.481 e. The molecular formula is C13H19NO5. The molecule has 3 N–H and O–H groups in total. The minimum atomic E-state index is -1.41. The SMILES string of the molecule is CC(C)(C)OC(=O)[C@H](C(=O)O)[C@@H](N)Cc1ccco1. The van der Waals surface area contributed by atoms with Crippen molar-refractivity contribution in [2.24, 2.45) is 11.7 Å². The number of carbonyl (C=O) groups excluding carboxylic acids is 1. The highest BCUT2D eigenvalue weighted by atomic mass is 16.6. The maximum Gasteiger partial charge on any atom is 0.322 e. The van der Waals surface area contributed by atoms with Crippen molar-refractivity contribution in [1.82, 2.24) is 0 Å². The van der Waals surface area contributed by atoms with Crippen LogP contribution in [0.3, 0.4) is 0 Å². The predicted octanol–water partition coefficient (Wildman–Crippen LogP) is 1.19. The Balaban J connectivity index is 2.76. The van der Waals surface area contributed by atoms with E-state index in [1.54, 1.807) is 32.9 Å². The van der Waals surface area contributed by atoms with Gasteiger partial charge in [0.1, 0.15) is 11.4 Å². The molecule has 1 aromatic heterocycles. The van der Waals surface area contributed by atoms with Crippen molar-refractivity contribution in [3.8, 4) is 0 Å². The van der Waals surface area contributed by atoms with Crippen LogP contribution < -0.4 is 5.73 Å². The highest BCUT2D eigenvalue weighted by molar-refractivity contribution is 5.95. The molecule has 0 aromatic carbocycles. The smallest absolute Gasteiger partial charge is 0.322 e. The number of hydrogen-bond acceptors (Lipinski definition) is 5. The summed E-state index contributed by atoms with van der Waals surface area (Å²) in [6.45, 7) is 5.01. The highest BCUT2D eigenvalue weighted by Gasteiger charge is 2.36. The van der Waals surface area contributed by atoms with Crippen molar-refractivity contribution in [2.75, 3.05) is 0 Å². The van der Waals surface area contributed by atoms with E-state index in [0.717, 1.165) is 0 Å². The largest absolute Gasteiger partial charge is 0.481 e. The van der Waals surface area contributed by atoms with Crippen LogP contribution in [0.2, 0.25) is 0 Å². The first-order valence-electron chi connectivity index (χ1n) is 5.94. The van der Waals surface area contributed by atoms with E-state index in [2.05, 4.69) is 0 Å². The number of esters is 1. The second-order valence-corrected chi connectivity index (χ2v) is 5.30. The summed E-state index contributed by atoms with van der Waals surface area (Å²) in [6, 6.07) is 2.44. The number of carboxylic acid groups (broad SMARTS) is 1. The lowest BCUT2D eigenvalue weighted by molar-refractivity contribution is -0.167. The number of ether oxygens (including phenoxy) is 1. The van der Waals surface area contributed by atoms with E-state index in [0.29, 0.717) is 5.76 Å². The second kappa shape index (κ2) is 5.88. The third-order valence-corrected chi connectivity index (χ3v) is 2.37. The Labute approximate surface area is 111 Å². The molecule has 6 heteroatoms. The van der Waals surface area contributed by atoms with Crippen LogP contribution in [0.25, 0.3) is 0 Å². The van der Waals surface area contributed by atoms with E-state index in [1.807, 2.05) is 0 Å². The molecule has 0 amide bonds. The Morgan fingerprint density at radius 2 is 2.11 bits per heavy atom. The highest BCUT2D eigenvalue weighted by Crippen LogP contribution is 2.16. The molecule has 0 unspecified atom stereocenters. The maximum absolute atomic E-state index is 11.9. The second-order valence-electron chi connectivity index (χ2n) is 5.30. The van der Waals surface area contributed by atoms with Gasteiger partial charge in [-0.1, -0.05) is 0 Å². The van der Waals surface area contributed by atoms with Crippen molar-refractivity contribution in [3.63, 3.8) is 0 Å². The van der Waals surface area contributed by atoms with E-state index in [9.17, 15) is 9.59 Å². The molecule has 0 saturated carbocycles. The molecule has 0 aliphatic heterocycles. The summed E-state index contributed by atoms with van der Waals surface area (Å²) in [5.74, 6) is -3.01. The normalized spacial score (nSPS) is 14.7. The average molecular weight is 269 g/mol. The first-order chi connectivity index (χ1) is 8.70. The Kier molecular flexibility index (Phi) is 4.72. The molecule has 0 radical (unpaired) electrons. The van der Waals surface area contributed by atoms with Crippen molar-refractivity contribution in [2.45, 2.75) is 38.8 Å². The molecule has 1 heterocycles. The Morgan fingerprint density at radius 3 is 2.53 bits per heavy atom. The van der Waals surface area contributed by atoms with Crippen LogP contribution in [0.5, 0.6) is 0 Å². The van der Waals surface area contributed by atoms with Crippen LogP contribution in [0, 0.1) is 5.92 Å². The zero-order chi connectivity index (χ0) is 14.6. The number of aliphatic carboxylic acids is 1. The fourth-order valence-corrected chi connectivity index (χ4v) is 1.60. The average Bonchev–Trinajstić information content (AvgIpc) is 2.66. The van der Waals surface area contributed by atoms with Gasteiger partial charge in [0.15, 0.2) is 5.92 Å². The molecule has 1 aromatic rings. The van der Waals surface area contributed by atoms with Gasteiger partial charge in [0, 0.05) is 12.5 Å². The summed E-state index contributed by atoms with van der Waals surface area (Å²) in [4.78, 5) is 23.0. The Morgan fingerprint density at radius 1 is 1.47 bits per heavy atom. The van der Waals surface area contributed by atoms with Gasteiger partial charge in [0.05, 0.1) is 6.26 Å². The molecule has 2 atom stereocenters. The van der Waals surface area contributed by atoms with Crippen LogP contribution in [0.15, 0.2) is 22.8 Å². The third-order valence-electron chi connectivity index (χ3n) is 2.37. The molecule has 0 spiro atoms. The molecule has 1 rings (SSSR count). The van der Waals surface area contributed by atoms with Gasteiger partial charge in [-0.15, -0.1) is 0 Å².